The number of aliphatic hydroxyl groups excluding tert-OH is 1. The molecule has 72 heavy (non-hydrogen) atoms. The normalized spacial score (nSPS) is 11.9. The molecule has 0 aliphatic heterocycles. The molecule has 2 heterocycles. The number of aromatic nitrogens is 2. The van der Waals surface area contributed by atoms with Gasteiger partial charge >= 0.3 is 11.9 Å². The van der Waals surface area contributed by atoms with Gasteiger partial charge in [-0.05, 0) is 98.4 Å². The third kappa shape index (κ3) is 14.0. The van der Waals surface area contributed by atoms with Crippen molar-refractivity contribution in [2.45, 2.75) is 91.6 Å². The lowest BCUT2D eigenvalue weighted by molar-refractivity contribution is -0.144. The van der Waals surface area contributed by atoms with Crippen molar-refractivity contribution in [2.24, 2.45) is 0 Å². The van der Waals surface area contributed by atoms with Gasteiger partial charge in [0.25, 0.3) is 0 Å². The second-order valence-electron chi connectivity index (χ2n) is 17.3. The lowest BCUT2D eigenvalue weighted by atomic mass is 9.92. The highest BCUT2D eigenvalue weighted by Gasteiger charge is 2.26. The van der Waals surface area contributed by atoms with Crippen LogP contribution in [0.15, 0.2) is 97.6 Å². The van der Waals surface area contributed by atoms with E-state index in [9.17, 15) is 35.4 Å². The number of benzene rings is 4. The Morgan fingerprint density at radius 1 is 0.611 bits per heavy atom. The second kappa shape index (κ2) is 25.7. The summed E-state index contributed by atoms with van der Waals surface area (Å²) in [6.45, 7) is 6.53. The van der Waals surface area contributed by atoms with E-state index in [2.05, 4.69) is 22.1 Å². The fourth-order valence-electron chi connectivity index (χ4n) is 8.26. The molecule has 0 aliphatic rings. The standard InChI is InChI=1S/C55H56Cl2N6O9/c1-6-9-48(54(65)66)62(4)28-42-18-46(56)52(20-50(42)69-30-38-16-36(22-58)24-60-26-38)71-32-40-10-7-12-44(34(40)2)45-13-8-11-41(35(45)3)33-72-53-21-51(70-31-39-17-37(23-59)25-61-27-39)43(19-47(53)57)29-63(5)49(14-15-64)55(67)68/h7-8,10-13,16-21,24-27,48-49,64H,6,9,14-15,28-33H2,1-5H3,(H,65,66)(H,67,68)/t48-,49-/m0/s1. The van der Waals surface area contributed by atoms with Gasteiger partial charge in [0.05, 0.1) is 21.2 Å². The topological polar surface area (TPSA) is 212 Å². The van der Waals surface area contributed by atoms with E-state index in [1.807, 2.05) is 57.2 Å². The van der Waals surface area contributed by atoms with E-state index in [4.69, 9.17) is 42.1 Å². The molecule has 0 fully saturated rings. The molecule has 0 unspecified atom stereocenters. The molecule has 6 rings (SSSR count). The van der Waals surface area contributed by atoms with Crippen LogP contribution in [0.3, 0.4) is 0 Å². The molecular weight excluding hydrogens is 960 g/mol. The van der Waals surface area contributed by atoms with Crippen molar-refractivity contribution in [3.05, 3.63) is 163 Å². The highest BCUT2D eigenvalue weighted by molar-refractivity contribution is 6.32. The van der Waals surface area contributed by atoms with Crippen LogP contribution in [0.5, 0.6) is 23.0 Å². The van der Waals surface area contributed by atoms with Crippen LogP contribution in [0.25, 0.3) is 11.1 Å². The van der Waals surface area contributed by atoms with Crippen LogP contribution < -0.4 is 18.9 Å². The average molecular weight is 1020 g/mol. The maximum atomic E-state index is 12.2. The molecular formula is C55H56Cl2N6O9. The van der Waals surface area contributed by atoms with E-state index in [1.54, 1.807) is 72.7 Å². The number of hydrogen-bond acceptors (Lipinski definition) is 13. The number of nitrogens with zero attached hydrogens (tertiary/aromatic N) is 6. The maximum Gasteiger partial charge on any atom is 0.321 e. The zero-order chi connectivity index (χ0) is 51.9. The van der Waals surface area contributed by atoms with Crippen molar-refractivity contribution in [1.29, 1.82) is 10.5 Å². The largest absolute Gasteiger partial charge is 0.488 e. The predicted octanol–water partition coefficient (Wildman–Crippen LogP) is 10.1. The van der Waals surface area contributed by atoms with Crippen LogP contribution in [-0.2, 0) is 49.1 Å². The van der Waals surface area contributed by atoms with Crippen molar-refractivity contribution in [3.63, 3.8) is 0 Å². The Bertz CT molecular complexity index is 2780. The fraction of sp³-hybridized carbons (Fsp3) is 0.309. The van der Waals surface area contributed by atoms with Crippen molar-refractivity contribution in [3.8, 4) is 46.3 Å². The SMILES string of the molecule is CCC[C@@H](C(=O)O)N(C)Cc1cc(Cl)c(OCc2cccc(-c3cccc(COc4cc(OCc5cncc(C#N)c5)c(CN(C)[C@@H](CCO)C(=O)O)cc4Cl)c3C)c2C)cc1OCc1cncc(C#N)c1. The summed E-state index contributed by atoms with van der Waals surface area (Å²) in [6, 6.07) is 24.6. The summed E-state index contributed by atoms with van der Waals surface area (Å²) in [4.78, 5) is 35.8. The zero-order valence-electron chi connectivity index (χ0n) is 40.7. The third-order valence-corrected chi connectivity index (χ3v) is 12.8. The van der Waals surface area contributed by atoms with Gasteiger partial charge in [-0.1, -0.05) is 72.9 Å². The van der Waals surface area contributed by atoms with Crippen molar-refractivity contribution in [2.75, 3.05) is 20.7 Å². The van der Waals surface area contributed by atoms with Gasteiger partial charge in [0.2, 0.25) is 0 Å². The smallest absolute Gasteiger partial charge is 0.321 e. The number of aliphatic hydroxyl groups is 1. The minimum atomic E-state index is -1.07. The molecule has 2 atom stereocenters. The Labute approximate surface area is 429 Å². The van der Waals surface area contributed by atoms with E-state index < -0.39 is 24.0 Å². The van der Waals surface area contributed by atoms with E-state index in [0.717, 1.165) is 33.4 Å². The van der Waals surface area contributed by atoms with Gasteiger partial charge in [0, 0.05) is 78.9 Å². The lowest BCUT2D eigenvalue weighted by Gasteiger charge is -2.26. The van der Waals surface area contributed by atoms with E-state index in [-0.39, 0.29) is 57.6 Å². The first-order valence-electron chi connectivity index (χ1n) is 23.1. The summed E-state index contributed by atoms with van der Waals surface area (Å²) in [7, 11) is 3.40. The molecule has 3 N–H and O–H groups in total. The van der Waals surface area contributed by atoms with Gasteiger partial charge in [-0.25, -0.2) is 0 Å². The Morgan fingerprint density at radius 3 is 1.42 bits per heavy atom. The molecule has 4 aromatic carbocycles. The molecule has 0 amide bonds. The number of carbonyl (C=O) groups is 2. The Kier molecular flexibility index (Phi) is 19.3. The number of halogens is 2. The van der Waals surface area contributed by atoms with Gasteiger partial charge in [-0.2, -0.15) is 10.5 Å². The monoisotopic (exact) mass is 1010 g/mol. The molecule has 17 heteroatoms. The number of carboxylic acids is 2. The third-order valence-electron chi connectivity index (χ3n) is 12.3. The highest BCUT2D eigenvalue weighted by Crippen LogP contribution is 2.38. The number of likely N-dealkylation sites (N-methyl/N-ethyl adjacent to an activating group) is 2. The number of rotatable bonds is 25. The van der Waals surface area contributed by atoms with Gasteiger partial charge in [0.1, 0.15) is 73.6 Å². The molecule has 374 valence electrons. The molecule has 0 saturated heterocycles. The van der Waals surface area contributed by atoms with Crippen molar-refractivity contribution >= 4 is 35.1 Å². The first-order valence-corrected chi connectivity index (χ1v) is 23.9. The fourth-order valence-corrected chi connectivity index (χ4v) is 8.74. The molecule has 15 nitrogen and oxygen atoms in total. The summed E-state index contributed by atoms with van der Waals surface area (Å²) < 4.78 is 25.4. The Hall–Kier alpha value is -7.24. The molecule has 0 aliphatic carbocycles. The van der Waals surface area contributed by atoms with Crippen LogP contribution in [-0.4, -0.2) is 79.8 Å². The molecule has 2 aromatic heterocycles. The van der Waals surface area contributed by atoms with Crippen LogP contribution in [0.4, 0.5) is 0 Å². The highest BCUT2D eigenvalue weighted by atomic mass is 35.5. The van der Waals surface area contributed by atoms with Gasteiger partial charge < -0.3 is 34.3 Å². The van der Waals surface area contributed by atoms with Crippen LogP contribution in [0.2, 0.25) is 10.0 Å². The summed E-state index contributed by atoms with van der Waals surface area (Å²) in [6.07, 6.45) is 7.32. The molecule has 0 radical (unpaired) electrons. The number of hydrogen-bond donors (Lipinski definition) is 3. The summed E-state index contributed by atoms with van der Waals surface area (Å²) in [5.74, 6) is -0.446. The van der Waals surface area contributed by atoms with E-state index in [0.29, 0.717) is 74.2 Å². The number of carboxylic acid groups (broad SMARTS) is 2. The lowest BCUT2D eigenvalue weighted by Crippen LogP contribution is -2.38. The van der Waals surface area contributed by atoms with Crippen LogP contribution in [0.1, 0.15) is 81.8 Å². The number of pyridine rings is 2. The first kappa shape index (κ1) is 54.1. The summed E-state index contributed by atoms with van der Waals surface area (Å²) in [5.41, 5.74) is 9.08. The summed E-state index contributed by atoms with van der Waals surface area (Å²) >= 11 is 13.7. The van der Waals surface area contributed by atoms with Crippen LogP contribution >= 0.6 is 23.2 Å². The van der Waals surface area contributed by atoms with Crippen LogP contribution in [0, 0.1) is 36.5 Å². The zero-order valence-corrected chi connectivity index (χ0v) is 42.2. The first-order chi connectivity index (χ1) is 34.6. The average Bonchev–Trinajstić information content (AvgIpc) is 3.36. The molecule has 0 spiro atoms. The summed E-state index contributed by atoms with van der Waals surface area (Å²) in [5, 5.41) is 48.8. The number of nitriles is 2. The molecule has 0 saturated carbocycles. The van der Waals surface area contributed by atoms with E-state index >= 15 is 0 Å². The van der Waals surface area contributed by atoms with E-state index in [1.165, 1.54) is 12.4 Å². The molecule has 6 aromatic rings. The predicted molar refractivity (Wildman–Crippen MR) is 272 cm³/mol. The second-order valence-corrected chi connectivity index (χ2v) is 18.2. The minimum Gasteiger partial charge on any atom is -0.488 e. The quantitative estimate of drug-likeness (QED) is 0.0487. The minimum absolute atomic E-state index is 0.0268. The molecule has 0 bridgehead atoms. The van der Waals surface area contributed by atoms with Crippen molar-refractivity contribution in [1.82, 2.24) is 19.8 Å². The number of ether oxygens (including phenoxy) is 4. The maximum absolute atomic E-state index is 12.2. The Morgan fingerprint density at radius 2 is 1.03 bits per heavy atom. The van der Waals surface area contributed by atoms with Crippen molar-refractivity contribution < 1.29 is 43.9 Å². The Balaban J connectivity index is 1.23. The number of aliphatic carboxylic acids is 2. The van der Waals surface area contributed by atoms with Gasteiger partial charge in [-0.15, -0.1) is 0 Å². The van der Waals surface area contributed by atoms with Gasteiger partial charge in [0.15, 0.2) is 0 Å². The van der Waals surface area contributed by atoms with Gasteiger partial charge in [-0.3, -0.25) is 29.4 Å².